The number of hydrogen-bond donors (Lipinski definition) is 1. The average Bonchev–Trinajstić information content (AvgIpc) is 2.53. The van der Waals surface area contributed by atoms with E-state index in [-0.39, 0.29) is 12.6 Å². The second-order valence-corrected chi connectivity index (χ2v) is 5.74. The lowest BCUT2D eigenvalue weighted by molar-refractivity contribution is -0.0143. The summed E-state index contributed by atoms with van der Waals surface area (Å²) in [6.07, 6.45) is -0.692. The minimum absolute atomic E-state index is 0.150. The van der Waals surface area contributed by atoms with Gasteiger partial charge in [-0.05, 0) is 17.7 Å². The van der Waals surface area contributed by atoms with Gasteiger partial charge in [-0.15, -0.1) is 0 Å². The van der Waals surface area contributed by atoms with E-state index in [1.165, 1.54) is 0 Å². The fourth-order valence-corrected chi connectivity index (χ4v) is 2.07. The predicted molar refractivity (Wildman–Crippen MR) is 81.9 cm³/mol. The molecule has 0 spiro atoms. The maximum absolute atomic E-state index is 11.9. The summed E-state index contributed by atoms with van der Waals surface area (Å²) in [5.41, 5.74) is 0.770. The second kappa shape index (κ2) is 6.55. The number of aliphatic hydroxyl groups excluding tert-OH is 1. The zero-order valence-corrected chi connectivity index (χ0v) is 12.3. The number of hydrogen-bond acceptors (Lipinski definition) is 3. The predicted octanol–water partition coefficient (Wildman–Crippen LogP) is 3.60. The molecular formula is C18H20O3. The van der Waals surface area contributed by atoms with Gasteiger partial charge in [0.1, 0.15) is 0 Å². The summed E-state index contributed by atoms with van der Waals surface area (Å²) in [5, 5.41) is 10.4. The fraction of sp³-hybridized carbons (Fsp3) is 0.278. The molecule has 1 unspecified atom stereocenters. The van der Waals surface area contributed by atoms with Crippen molar-refractivity contribution in [2.24, 2.45) is 5.41 Å². The van der Waals surface area contributed by atoms with Crippen molar-refractivity contribution in [2.45, 2.75) is 20.0 Å². The van der Waals surface area contributed by atoms with Crippen LogP contribution in [0.25, 0.3) is 0 Å². The number of ether oxygens (including phenoxy) is 1. The van der Waals surface area contributed by atoms with E-state index >= 15 is 0 Å². The SMILES string of the molecule is CC(C)(COC(=O)c1ccccc1)C(O)c1ccccc1. The molecule has 3 heteroatoms. The molecule has 2 rings (SSSR count). The number of carbonyl (C=O) groups excluding carboxylic acids is 1. The summed E-state index contributed by atoms with van der Waals surface area (Å²) in [6, 6.07) is 18.2. The van der Waals surface area contributed by atoms with E-state index in [1.54, 1.807) is 24.3 Å². The van der Waals surface area contributed by atoms with Crippen LogP contribution in [0.3, 0.4) is 0 Å². The summed E-state index contributed by atoms with van der Waals surface area (Å²) in [5.74, 6) is -0.371. The Morgan fingerprint density at radius 3 is 2.14 bits per heavy atom. The molecule has 0 aliphatic carbocycles. The molecule has 2 aromatic carbocycles. The third-order valence-corrected chi connectivity index (χ3v) is 3.44. The molecule has 3 nitrogen and oxygen atoms in total. The zero-order valence-electron chi connectivity index (χ0n) is 12.3. The van der Waals surface area contributed by atoms with Crippen LogP contribution in [-0.4, -0.2) is 17.7 Å². The van der Waals surface area contributed by atoms with Gasteiger partial charge in [-0.1, -0.05) is 62.4 Å². The Bertz CT molecular complexity index is 576. The molecule has 0 saturated heterocycles. The summed E-state index contributed by atoms with van der Waals surface area (Å²) in [6.45, 7) is 3.91. The lowest BCUT2D eigenvalue weighted by Gasteiger charge is -2.30. The van der Waals surface area contributed by atoms with Crippen molar-refractivity contribution in [3.8, 4) is 0 Å². The molecule has 110 valence electrons. The standard InChI is InChI=1S/C18H20O3/c1-18(2,16(19)14-9-5-3-6-10-14)13-21-17(20)15-11-7-4-8-12-15/h3-12,16,19H,13H2,1-2H3. The van der Waals surface area contributed by atoms with E-state index in [0.29, 0.717) is 5.56 Å². The molecule has 1 N–H and O–H groups in total. The van der Waals surface area contributed by atoms with Gasteiger partial charge in [0, 0.05) is 5.41 Å². The number of esters is 1. The first-order valence-corrected chi connectivity index (χ1v) is 6.96. The summed E-state index contributed by atoms with van der Waals surface area (Å²) in [7, 11) is 0. The Morgan fingerprint density at radius 1 is 1.05 bits per heavy atom. The molecule has 0 heterocycles. The van der Waals surface area contributed by atoms with Crippen molar-refractivity contribution in [3.05, 3.63) is 71.8 Å². The van der Waals surface area contributed by atoms with E-state index in [2.05, 4.69) is 0 Å². The van der Waals surface area contributed by atoms with Gasteiger partial charge in [0.05, 0.1) is 18.3 Å². The third-order valence-electron chi connectivity index (χ3n) is 3.44. The molecule has 0 radical (unpaired) electrons. The van der Waals surface area contributed by atoms with Crippen molar-refractivity contribution < 1.29 is 14.6 Å². The highest BCUT2D eigenvalue weighted by molar-refractivity contribution is 5.89. The molecule has 0 aromatic heterocycles. The topological polar surface area (TPSA) is 46.5 Å². The van der Waals surface area contributed by atoms with Gasteiger partial charge in [-0.25, -0.2) is 4.79 Å². The molecule has 0 aliphatic heterocycles. The van der Waals surface area contributed by atoms with Gasteiger partial charge in [0.2, 0.25) is 0 Å². The van der Waals surface area contributed by atoms with Crippen LogP contribution in [0, 0.1) is 5.41 Å². The maximum atomic E-state index is 11.9. The van der Waals surface area contributed by atoms with Crippen LogP contribution in [0.15, 0.2) is 60.7 Å². The normalized spacial score (nSPS) is 12.7. The van der Waals surface area contributed by atoms with E-state index in [9.17, 15) is 9.90 Å². The van der Waals surface area contributed by atoms with Crippen molar-refractivity contribution in [1.82, 2.24) is 0 Å². The summed E-state index contributed by atoms with van der Waals surface area (Å²) >= 11 is 0. The smallest absolute Gasteiger partial charge is 0.338 e. The van der Waals surface area contributed by atoms with Crippen LogP contribution < -0.4 is 0 Å². The van der Waals surface area contributed by atoms with E-state index in [4.69, 9.17) is 4.74 Å². The number of carbonyl (C=O) groups is 1. The van der Waals surface area contributed by atoms with Crippen LogP contribution in [-0.2, 0) is 4.74 Å². The molecule has 0 aliphatic rings. The minimum atomic E-state index is -0.692. The highest BCUT2D eigenvalue weighted by Crippen LogP contribution is 2.33. The summed E-state index contributed by atoms with van der Waals surface area (Å²) < 4.78 is 5.34. The van der Waals surface area contributed by atoms with Crippen molar-refractivity contribution in [2.75, 3.05) is 6.61 Å². The Kier molecular flexibility index (Phi) is 4.76. The third kappa shape index (κ3) is 3.92. The van der Waals surface area contributed by atoms with Crippen LogP contribution in [0.4, 0.5) is 0 Å². The largest absolute Gasteiger partial charge is 0.461 e. The molecule has 2 aromatic rings. The maximum Gasteiger partial charge on any atom is 0.338 e. The molecule has 0 amide bonds. The Hall–Kier alpha value is -2.13. The lowest BCUT2D eigenvalue weighted by Crippen LogP contribution is -2.29. The monoisotopic (exact) mass is 284 g/mol. The number of rotatable bonds is 5. The lowest BCUT2D eigenvalue weighted by atomic mass is 9.83. The van der Waals surface area contributed by atoms with Crippen molar-refractivity contribution in [3.63, 3.8) is 0 Å². The fourth-order valence-electron chi connectivity index (χ4n) is 2.07. The van der Waals surface area contributed by atoms with Crippen molar-refractivity contribution >= 4 is 5.97 Å². The quantitative estimate of drug-likeness (QED) is 0.853. The highest BCUT2D eigenvalue weighted by atomic mass is 16.5. The van der Waals surface area contributed by atoms with Crippen molar-refractivity contribution in [1.29, 1.82) is 0 Å². The molecule has 1 atom stereocenters. The molecule has 0 bridgehead atoms. The molecule has 0 saturated carbocycles. The number of benzene rings is 2. The first kappa shape index (κ1) is 15.3. The Balaban J connectivity index is 2.00. The minimum Gasteiger partial charge on any atom is -0.461 e. The van der Waals surface area contributed by atoms with Gasteiger partial charge >= 0.3 is 5.97 Å². The van der Waals surface area contributed by atoms with Gasteiger partial charge in [-0.2, -0.15) is 0 Å². The van der Waals surface area contributed by atoms with Crippen LogP contribution in [0.2, 0.25) is 0 Å². The first-order chi connectivity index (χ1) is 10.0. The molecular weight excluding hydrogens is 264 g/mol. The van der Waals surface area contributed by atoms with E-state index in [1.807, 2.05) is 50.2 Å². The number of aliphatic hydroxyl groups is 1. The first-order valence-electron chi connectivity index (χ1n) is 6.96. The average molecular weight is 284 g/mol. The second-order valence-electron chi connectivity index (χ2n) is 5.74. The van der Waals surface area contributed by atoms with Gasteiger partial charge in [-0.3, -0.25) is 0 Å². The van der Waals surface area contributed by atoms with Gasteiger partial charge in [0.15, 0.2) is 0 Å². The van der Waals surface area contributed by atoms with E-state index in [0.717, 1.165) is 5.56 Å². The summed E-state index contributed by atoms with van der Waals surface area (Å²) in [4.78, 5) is 11.9. The van der Waals surface area contributed by atoms with Gasteiger partial charge in [0.25, 0.3) is 0 Å². The molecule has 21 heavy (non-hydrogen) atoms. The zero-order chi connectivity index (χ0) is 15.3. The van der Waals surface area contributed by atoms with Crippen LogP contribution in [0.1, 0.15) is 35.9 Å². The molecule has 0 fully saturated rings. The highest BCUT2D eigenvalue weighted by Gasteiger charge is 2.30. The van der Waals surface area contributed by atoms with E-state index < -0.39 is 11.5 Å². The van der Waals surface area contributed by atoms with Crippen LogP contribution >= 0.6 is 0 Å². The van der Waals surface area contributed by atoms with Crippen LogP contribution in [0.5, 0.6) is 0 Å². The Labute approximate surface area is 125 Å². The Morgan fingerprint density at radius 2 is 1.57 bits per heavy atom. The van der Waals surface area contributed by atoms with Gasteiger partial charge < -0.3 is 9.84 Å².